The molecule has 3 aromatic rings. The molecule has 0 radical (unpaired) electrons. The van der Waals surface area contributed by atoms with Crippen LogP contribution in [0.3, 0.4) is 0 Å². The van der Waals surface area contributed by atoms with Crippen molar-refractivity contribution in [1.29, 1.82) is 0 Å². The van der Waals surface area contributed by atoms with Crippen LogP contribution in [0.1, 0.15) is 0 Å². The highest BCUT2D eigenvalue weighted by Gasteiger charge is 2.03. The number of pyridine rings is 1. The lowest BCUT2D eigenvalue weighted by molar-refractivity contribution is 0.628. The average molecular weight is 223 g/mol. The van der Waals surface area contributed by atoms with E-state index in [-0.39, 0.29) is 5.82 Å². The Hall–Kier alpha value is -2.22. The van der Waals surface area contributed by atoms with E-state index in [4.69, 9.17) is 0 Å². The van der Waals surface area contributed by atoms with Crippen LogP contribution >= 0.6 is 0 Å². The maximum absolute atomic E-state index is 12.9. The van der Waals surface area contributed by atoms with Gasteiger partial charge in [0, 0.05) is 11.6 Å². The molecule has 0 aliphatic carbocycles. The minimum absolute atomic E-state index is 0.216. The first kappa shape index (κ1) is 9.97. The van der Waals surface area contributed by atoms with Crippen molar-refractivity contribution in [3.8, 4) is 11.1 Å². The number of hydrogen-bond acceptors (Lipinski definition) is 1. The van der Waals surface area contributed by atoms with E-state index >= 15 is 0 Å². The Morgan fingerprint density at radius 2 is 1.59 bits per heavy atom. The molecule has 1 aromatic heterocycles. The molecule has 3 rings (SSSR count). The van der Waals surface area contributed by atoms with E-state index < -0.39 is 0 Å². The normalized spacial score (nSPS) is 10.6. The molecule has 0 spiro atoms. The first-order valence-corrected chi connectivity index (χ1v) is 5.44. The van der Waals surface area contributed by atoms with Crippen LogP contribution in [0.4, 0.5) is 4.39 Å². The molecule has 0 aliphatic rings. The van der Waals surface area contributed by atoms with Crippen LogP contribution in [-0.2, 0) is 0 Å². The van der Waals surface area contributed by atoms with Crippen molar-refractivity contribution in [3.05, 3.63) is 66.6 Å². The summed E-state index contributed by atoms with van der Waals surface area (Å²) in [4.78, 5) is 4.31. The summed E-state index contributed by atoms with van der Waals surface area (Å²) in [6.45, 7) is 0. The van der Waals surface area contributed by atoms with Gasteiger partial charge in [-0.15, -0.1) is 0 Å². The third-order valence-electron chi connectivity index (χ3n) is 2.80. The van der Waals surface area contributed by atoms with Crippen molar-refractivity contribution >= 4 is 10.9 Å². The van der Waals surface area contributed by atoms with E-state index in [1.807, 2.05) is 30.3 Å². The summed E-state index contributed by atoms with van der Waals surface area (Å²) in [7, 11) is 0. The molecule has 0 aliphatic heterocycles. The lowest BCUT2D eigenvalue weighted by Gasteiger charge is -2.05. The van der Waals surface area contributed by atoms with E-state index in [2.05, 4.69) is 4.98 Å². The van der Waals surface area contributed by atoms with Gasteiger partial charge in [0.2, 0.25) is 0 Å². The summed E-state index contributed by atoms with van der Waals surface area (Å²) >= 11 is 0. The highest BCUT2D eigenvalue weighted by molar-refractivity contribution is 5.94. The molecule has 0 saturated carbocycles. The van der Waals surface area contributed by atoms with Gasteiger partial charge in [0.15, 0.2) is 0 Å². The molecular formula is C15H10FN. The van der Waals surface area contributed by atoms with Crippen molar-refractivity contribution in [2.75, 3.05) is 0 Å². The maximum atomic E-state index is 12.9. The summed E-state index contributed by atoms with van der Waals surface area (Å²) in [5.41, 5.74) is 3.04. The second kappa shape index (κ2) is 3.98. The van der Waals surface area contributed by atoms with Crippen molar-refractivity contribution in [1.82, 2.24) is 4.98 Å². The van der Waals surface area contributed by atoms with E-state index in [0.29, 0.717) is 0 Å². The first-order chi connectivity index (χ1) is 8.34. The Morgan fingerprint density at radius 1 is 0.824 bits per heavy atom. The molecule has 1 nitrogen and oxygen atoms in total. The van der Waals surface area contributed by atoms with Crippen LogP contribution in [0, 0.1) is 5.82 Å². The van der Waals surface area contributed by atoms with E-state index in [1.165, 1.54) is 12.1 Å². The zero-order chi connectivity index (χ0) is 11.7. The van der Waals surface area contributed by atoms with E-state index in [0.717, 1.165) is 22.0 Å². The van der Waals surface area contributed by atoms with Gasteiger partial charge in [-0.2, -0.15) is 0 Å². The van der Waals surface area contributed by atoms with Crippen LogP contribution in [0.2, 0.25) is 0 Å². The van der Waals surface area contributed by atoms with Gasteiger partial charge in [0.1, 0.15) is 5.82 Å². The second-order valence-corrected chi connectivity index (χ2v) is 3.88. The molecular weight excluding hydrogens is 213 g/mol. The lowest BCUT2D eigenvalue weighted by atomic mass is 10.0. The smallest absolute Gasteiger partial charge is 0.123 e. The van der Waals surface area contributed by atoms with Crippen molar-refractivity contribution in [3.63, 3.8) is 0 Å². The Kier molecular flexibility index (Phi) is 2.33. The van der Waals surface area contributed by atoms with Gasteiger partial charge in [-0.25, -0.2) is 4.39 Å². The number of hydrogen-bond donors (Lipinski definition) is 0. The SMILES string of the molecule is Fc1ccc(-c2ccnc3ccccc23)cc1. The van der Waals surface area contributed by atoms with Gasteiger partial charge in [-0.3, -0.25) is 4.98 Å². The molecule has 2 aromatic carbocycles. The number of fused-ring (bicyclic) bond motifs is 1. The molecule has 17 heavy (non-hydrogen) atoms. The molecule has 0 bridgehead atoms. The van der Waals surface area contributed by atoms with Gasteiger partial charge in [-0.05, 0) is 35.4 Å². The Labute approximate surface area is 98.6 Å². The fourth-order valence-corrected chi connectivity index (χ4v) is 1.98. The molecule has 82 valence electrons. The summed E-state index contributed by atoms with van der Waals surface area (Å²) in [5, 5.41) is 1.08. The molecule has 0 amide bonds. The molecule has 0 unspecified atom stereocenters. The molecule has 0 fully saturated rings. The van der Waals surface area contributed by atoms with Crippen LogP contribution in [0.25, 0.3) is 22.0 Å². The molecule has 0 N–H and O–H groups in total. The fourth-order valence-electron chi connectivity index (χ4n) is 1.98. The monoisotopic (exact) mass is 223 g/mol. The minimum Gasteiger partial charge on any atom is -0.256 e. The van der Waals surface area contributed by atoms with Gasteiger partial charge >= 0.3 is 0 Å². The highest BCUT2D eigenvalue weighted by atomic mass is 19.1. The first-order valence-electron chi connectivity index (χ1n) is 5.44. The van der Waals surface area contributed by atoms with Crippen LogP contribution in [0.5, 0.6) is 0 Å². The third kappa shape index (κ3) is 1.78. The number of nitrogens with zero attached hydrogens (tertiary/aromatic N) is 1. The van der Waals surface area contributed by atoms with Crippen molar-refractivity contribution in [2.45, 2.75) is 0 Å². The maximum Gasteiger partial charge on any atom is 0.123 e. The molecule has 0 saturated heterocycles. The number of rotatable bonds is 1. The largest absolute Gasteiger partial charge is 0.256 e. The van der Waals surface area contributed by atoms with Crippen LogP contribution in [0.15, 0.2) is 60.8 Å². The number of benzene rings is 2. The summed E-state index contributed by atoms with van der Waals surface area (Å²) in [5.74, 6) is -0.216. The number of aromatic nitrogens is 1. The quantitative estimate of drug-likeness (QED) is 0.606. The number of para-hydroxylation sites is 1. The second-order valence-electron chi connectivity index (χ2n) is 3.88. The summed E-state index contributed by atoms with van der Waals surface area (Å²) in [6.07, 6.45) is 1.78. The van der Waals surface area contributed by atoms with Gasteiger partial charge in [-0.1, -0.05) is 30.3 Å². The molecule has 2 heteroatoms. The highest BCUT2D eigenvalue weighted by Crippen LogP contribution is 2.27. The minimum atomic E-state index is -0.216. The predicted octanol–water partition coefficient (Wildman–Crippen LogP) is 4.04. The van der Waals surface area contributed by atoms with Crippen molar-refractivity contribution in [2.24, 2.45) is 0 Å². The third-order valence-corrected chi connectivity index (χ3v) is 2.80. The summed E-state index contributed by atoms with van der Waals surface area (Å²) in [6, 6.07) is 16.4. The standard InChI is InChI=1S/C15H10FN/c16-12-7-5-11(6-8-12)13-9-10-17-15-4-2-1-3-14(13)15/h1-10H. The number of halogens is 1. The Bertz CT molecular complexity index is 654. The zero-order valence-corrected chi connectivity index (χ0v) is 9.10. The van der Waals surface area contributed by atoms with Crippen LogP contribution < -0.4 is 0 Å². The Morgan fingerprint density at radius 3 is 2.41 bits per heavy atom. The van der Waals surface area contributed by atoms with Gasteiger partial charge < -0.3 is 0 Å². The average Bonchev–Trinajstić information content (AvgIpc) is 2.39. The van der Waals surface area contributed by atoms with Crippen LogP contribution in [-0.4, -0.2) is 4.98 Å². The van der Waals surface area contributed by atoms with E-state index in [1.54, 1.807) is 18.3 Å². The molecule has 0 atom stereocenters. The summed E-state index contributed by atoms with van der Waals surface area (Å²) < 4.78 is 12.9. The zero-order valence-electron chi connectivity index (χ0n) is 9.10. The lowest BCUT2D eigenvalue weighted by Crippen LogP contribution is -1.84. The molecule has 1 heterocycles. The van der Waals surface area contributed by atoms with Gasteiger partial charge in [0.05, 0.1) is 5.52 Å². The predicted molar refractivity (Wildman–Crippen MR) is 67.1 cm³/mol. The topological polar surface area (TPSA) is 12.9 Å². The van der Waals surface area contributed by atoms with Gasteiger partial charge in [0.25, 0.3) is 0 Å². The fraction of sp³-hybridized carbons (Fsp3) is 0. The Balaban J connectivity index is 2.27. The van der Waals surface area contributed by atoms with Crippen molar-refractivity contribution < 1.29 is 4.39 Å². The van der Waals surface area contributed by atoms with E-state index in [9.17, 15) is 4.39 Å².